The molecule has 0 spiro atoms. The second-order valence-corrected chi connectivity index (χ2v) is 5.83. The number of aliphatic carboxylic acids is 1. The van der Waals surface area contributed by atoms with Crippen molar-refractivity contribution < 1.29 is 19.4 Å². The van der Waals surface area contributed by atoms with E-state index in [1.54, 1.807) is 0 Å². The van der Waals surface area contributed by atoms with Gasteiger partial charge in [0.1, 0.15) is 12.4 Å². The van der Waals surface area contributed by atoms with Crippen LogP contribution in [0.25, 0.3) is 0 Å². The van der Waals surface area contributed by atoms with E-state index in [1.807, 2.05) is 59.5 Å². The van der Waals surface area contributed by atoms with Crippen molar-refractivity contribution in [2.75, 3.05) is 26.2 Å². The first-order valence-corrected chi connectivity index (χ1v) is 8.03. The zero-order valence-corrected chi connectivity index (χ0v) is 13.4. The molecule has 1 N–H and O–H groups in total. The summed E-state index contributed by atoms with van der Waals surface area (Å²) < 4.78 is 11.5. The van der Waals surface area contributed by atoms with Gasteiger partial charge in [-0.3, -0.25) is 9.69 Å². The molecule has 5 heteroatoms. The maximum Gasteiger partial charge on any atom is 0.317 e. The molecule has 1 atom stereocenters. The minimum absolute atomic E-state index is 0.0537. The molecule has 1 saturated heterocycles. The zero-order chi connectivity index (χ0) is 16.8. The van der Waals surface area contributed by atoms with Gasteiger partial charge < -0.3 is 14.6 Å². The molecule has 1 aliphatic rings. The van der Waals surface area contributed by atoms with Gasteiger partial charge in [-0.05, 0) is 23.3 Å². The Balaban J connectivity index is 1.56. The third-order valence-corrected chi connectivity index (χ3v) is 4.01. The van der Waals surface area contributed by atoms with Crippen molar-refractivity contribution in [2.45, 2.75) is 12.7 Å². The van der Waals surface area contributed by atoms with E-state index in [2.05, 4.69) is 0 Å². The molecule has 5 nitrogen and oxygen atoms in total. The van der Waals surface area contributed by atoms with Crippen LogP contribution in [0, 0.1) is 0 Å². The van der Waals surface area contributed by atoms with E-state index in [1.165, 1.54) is 0 Å². The molecule has 126 valence electrons. The normalized spacial score (nSPS) is 18.2. The lowest BCUT2D eigenvalue weighted by Gasteiger charge is -2.32. The minimum Gasteiger partial charge on any atom is -0.489 e. The zero-order valence-electron chi connectivity index (χ0n) is 13.4. The van der Waals surface area contributed by atoms with Gasteiger partial charge in [-0.1, -0.05) is 42.5 Å². The Morgan fingerprint density at radius 2 is 1.92 bits per heavy atom. The van der Waals surface area contributed by atoms with Gasteiger partial charge in [-0.2, -0.15) is 0 Å². The summed E-state index contributed by atoms with van der Waals surface area (Å²) >= 11 is 0. The van der Waals surface area contributed by atoms with E-state index in [-0.39, 0.29) is 12.6 Å². The SMILES string of the molecule is O=C(O)CN1CCOC(c2ccc(OCc3ccccc3)cc2)C1. The van der Waals surface area contributed by atoms with Crippen molar-refractivity contribution in [2.24, 2.45) is 0 Å². The molecule has 3 rings (SSSR count). The highest BCUT2D eigenvalue weighted by molar-refractivity contribution is 5.69. The largest absolute Gasteiger partial charge is 0.489 e. The number of ether oxygens (including phenoxy) is 2. The van der Waals surface area contributed by atoms with Crippen LogP contribution in [0.15, 0.2) is 54.6 Å². The molecule has 24 heavy (non-hydrogen) atoms. The quantitative estimate of drug-likeness (QED) is 0.884. The number of carboxylic acid groups (broad SMARTS) is 1. The molecule has 0 aliphatic carbocycles. The molecule has 1 unspecified atom stereocenters. The maximum atomic E-state index is 10.8. The van der Waals surface area contributed by atoms with Gasteiger partial charge in [-0.25, -0.2) is 0 Å². The van der Waals surface area contributed by atoms with Crippen LogP contribution in [0.2, 0.25) is 0 Å². The fourth-order valence-corrected chi connectivity index (χ4v) is 2.76. The summed E-state index contributed by atoms with van der Waals surface area (Å²) in [5.41, 5.74) is 2.17. The molecule has 1 heterocycles. The number of carbonyl (C=O) groups is 1. The number of hydrogen-bond donors (Lipinski definition) is 1. The van der Waals surface area contributed by atoms with Crippen molar-refractivity contribution in [3.8, 4) is 5.75 Å². The Kier molecular flexibility index (Phi) is 5.46. The third-order valence-electron chi connectivity index (χ3n) is 4.01. The summed E-state index contributed by atoms with van der Waals surface area (Å²) in [4.78, 5) is 12.7. The van der Waals surface area contributed by atoms with Gasteiger partial charge in [0.05, 0.1) is 19.3 Å². The third kappa shape index (κ3) is 4.57. The first kappa shape index (κ1) is 16.5. The average Bonchev–Trinajstić information content (AvgIpc) is 2.61. The average molecular weight is 327 g/mol. The van der Waals surface area contributed by atoms with Crippen molar-refractivity contribution in [3.63, 3.8) is 0 Å². The van der Waals surface area contributed by atoms with Crippen molar-refractivity contribution in [3.05, 3.63) is 65.7 Å². The summed E-state index contributed by atoms with van der Waals surface area (Å²) in [7, 11) is 0. The molecule has 2 aromatic carbocycles. The second kappa shape index (κ2) is 7.95. The summed E-state index contributed by atoms with van der Waals surface area (Å²) in [6, 6.07) is 17.8. The van der Waals surface area contributed by atoms with Crippen LogP contribution in [0.5, 0.6) is 5.75 Å². The molecule has 0 bridgehead atoms. The second-order valence-electron chi connectivity index (χ2n) is 5.83. The predicted molar refractivity (Wildman–Crippen MR) is 90.0 cm³/mol. The fraction of sp³-hybridized carbons (Fsp3) is 0.316. The first-order chi connectivity index (χ1) is 11.7. The Bertz CT molecular complexity index is 657. The van der Waals surface area contributed by atoms with E-state index in [0.717, 1.165) is 16.9 Å². The Morgan fingerprint density at radius 1 is 1.17 bits per heavy atom. The van der Waals surface area contributed by atoms with Crippen LogP contribution in [-0.4, -0.2) is 42.2 Å². The number of hydrogen-bond acceptors (Lipinski definition) is 4. The van der Waals surface area contributed by atoms with Gasteiger partial charge >= 0.3 is 5.97 Å². The van der Waals surface area contributed by atoms with Gasteiger partial charge in [0, 0.05) is 13.1 Å². The highest BCUT2D eigenvalue weighted by Gasteiger charge is 2.23. The molecule has 1 aliphatic heterocycles. The summed E-state index contributed by atoms with van der Waals surface area (Å²) in [6.45, 7) is 2.38. The van der Waals surface area contributed by atoms with E-state index in [0.29, 0.717) is 26.3 Å². The first-order valence-electron chi connectivity index (χ1n) is 8.03. The van der Waals surface area contributed by atoms with Crippen LogP contribution >= 0.6 is 0 Å². The number of carboxylic acids is 1. The Labute approximate surface area is 141 Å². The van der Waals surface area contributed by atoms with Gasteiger partial charge in [0.2, 0.25) is 0 Å². The molecule has 1 fully saturated rings. The standard InChI is InChI=1S/C19H21NO4/c21-19(22)13-20-10-11-23-18(12-20)16-6-8-17(9-7-16)24-14-15-4-2-1-3-5-15/h1-9,18H,10-14H2,(H,21,22). The van der Waals surface area contributed by atoms with Crippen molar-refractivity contribution >= 4 is 5.97 Å². The smallest absolute Gasteiger partial charge is 0.317 e. The molecule has 0 amide bonds. The lowest BCUT2D eigenvalue weighted by Crippen LogP contribution is -2.41. The monoisotopic (exact) mass is 327 g/mol. The lowest BCUT2D eigenvalue weighted by atomic mass is 10.1. The van der Waals surface area contributed by atoms with E-state index < -0.39 is 5.97 Å². The topological polar surface area (TPSA) is 59.0 Å². The van der Waals surface area contributed by atoms with E-state index in [4.69, 9.17) is 14.6 Å². The Morgan fingerprint density at radius 3 is 2.62 bits per heavy atom. The molecule has 2 aromatic rings. The summed E-state index contributed by atoms with van der Waals surface area (Å²) in [6.07, 6.45) is -0.0960. The molecule has 0 radical (unpaired) electrons. The van der Waals surface area contributed by atoms with Crippen LogP contribution in [0.1, 0.15) is 17.2 Å². The molecule has 0 saturated carbocycles. The van der Waals surface area contributed by atoms with Crippen LogP contribution in [-0.2, 0) is 16.1 Å². The van der Waals surface area contributed by atoms with Crippen LogP contribution in [0.3, 0.4) is 0 Å². The van der Waals surface area contributed by atoms with Crippen molar-refractivity contribution in [1.29, 1.82) is 0 Å². The molecule has 0 aromatic heterocycles. The lowest BCUT2D eigenvalue weighted by molar-refractivity contribution is -0.140. The van der Waals surface area contributed by atoms with E-state index >= 15 is 0 Å². The number of morpholine rings is 1. The predicted octanol–water partition coefficient (Wildman–Crippen LogP) is 2.72. The molecular formula is C19H21NO4. The highest BCUT2D eigenvalue weighted by Crippen LogP contribution is 2.24. The highest BCUT2D eigenvalue weighted by atomic mass is 16.5. The fourth-order valence-electron chi connectivity index (χ4n) is 2.76. The van der Waals surface area contributed by atoms with Crippen molar-refractivity contribution in [1.82, 2.24) is 4.90 Å². The maximum absolute atomic E-state index is 10.8. The van der Waals surface area contributed by atoms with E-state index in [9.17, 15) is 4.79 Å². The Hall–Kier alpha value is -2.37. The van der Waals surface area contributed by atoms with Gasteiger partial charge in [-0.15, -0.1) is 0 Å². The van der Waals surface area contributed by atoms with Gasteiger partial charge in [0.15, 0.2) is 0 Å². The van der Waals surface area contributed by atoms with Gasteiger partial charge in [0.25, 0.3) is 0 Å². The van der Waals surface area contributed by atoms with Crippen LogP contribution < -0.4 is 4.74 Å². The summed E-state index contributed by atoms with van der Waals surface area (Å²) in [5, 5.41) is 8.91. The number of rotatable bonds is 6. The minimum atomic E-state index is -0.805. The van der Waals surface area contributed by atoms with Crippen LogP contribution in [0.4, 0.5) is 0 Å². The number of nitrogens with zero attached hydrogens (tertiary/aromatic N) is 1. The number of benzene rings is 2. The summed E-state index contributed by atoms with van der Waals surface area (Å²) in [5.74, 6) is 0.00103. The molecular weight excluding hydrogens is 306 g/mol.